The molecule has 1 N–H and O–H groups in total. The highest BCUT2D eigenvalue weighted by atomic mass is 35.5. The predicted molar refractivity (Wildman–Crippen MR) is 151 cm³/mol. The number of halogens is 2. The lowest BCUT2D eigenvalue weighted by atomic mass is 10.1. The highest BCUT2D eigenvalue weighted by molar-refractivity contribution is 7.92. The molecule has 0 radical (unpaired) electrons. The van der Waals surface area contributed by atoms with Crippen molar-refractivity contribution in [2.45, 2.75) is 50.6 Å². The Morgan fingerprint density at radius 3 is 2.21 bits per heavy atom. The maximum atomic E-state index is 13.9. The normalized spacial score (nSPS) is 12.0. The van der Waals surface area contributed by atoms with Crippen LogP contribution in [-0.4, -0.2) is 44.3 Å². The molecule has 7 nitrogen and oxygen atoms in total. The number of benzene rings is 3. The summed E-state index contributed by atoms with van der Waals surface area (Å²) in [5, 5.41) is 3.02. The Morgan fingerprint density at radius 2 is 1.59 bits per heavy atom. The summed E-state index contributed by atoms with van der Waals surface area (Å²) in [6.07, 6.45) is 1.96. The van der Waals surface area contributed by atoms with Gasteiger partial charge in [0.05, 0.1) is 15.6 Å². The zero-order chi connectivity index (χ0) is 28.4. The Kier molecular flexibility index (Phi) is 10.9. The first-order valence-electron chi connectivity index (χ1n) is 12.8. The van der Waals surface area contributed by atoms with E-state index in [9.17, 15) is 22.4 Å². The highest BCUT2D eigenvalue weighted by Gasteiger charge is 2.34. The molecule has 1 atom stereocenters. The van der Waals surface area contributed by atoms with Crippen LogP contribution in [0.2, 0.25) is 5.02 Å². The molecule has 3 aromatic carbocycles. The van der Waals surface area contributed by atoms with Crippen LogP contribution in [0.1, 0.15) is 38.7 Å². The van der Waals surface area contributed by atoms with Gasteiger partial charge in [-0.2, -0.15) is 0 Å². The SMILES string of the molecule is CCCCNC(=O)[C@@H](CC)N(Cc1ccc(F)cc1)C(=O)CN(c1ccccc1Cl)S(=O)(=O)c1ccccc1. The van der Waals surface area contributed by atoms with Gasteiger partial charge >= 0.3 is 0 Å². The summed E-state index contributed by atoms with van der Waals surface area (Å²) in [5.41, 5.74) is 0.735. The number of anilines is 1. The molecule has 2 amide bonds. The second kappa shape index (κ2) is 14.1. The fourth-order valence-electron chi connectivity index (χ4n) is 4.10. The van der Waals surface area contributed by atoms with Crippen LogP contribution < -0.4 is 9.62 Å². The Bertz CT molecular complexity index is 1350. The highest BCUT2D eigenvalue weighted by Crippen LogP contribution is 2.30. The standard InChI is InChI=1S/C29H33ClFN3O4S/c1-3-5-19-32-29(36)26(4-2)33(20-22-15-17-23(31)18-16-22)28(35)21-34(27-14-10-9-13-25(27)30)39(37,38)24-11-7-6-8-12-24/h6-18,26H,3-5,19-21H2,1-2H3,(H,32,36)/t26-/m1/s1. The minimum atomic E-state index is -4.20. The maximum Gasteiger partial charge on any atom is 0.264 e. The molecule has 0 saturated carbocycles. The van der Waals surface area contributed by atoms with Crippen LogP contribution in [0.5, 0.6) is 0 Å². The number of carbonyl (C=O) groups is 2. The lowest BCUT2D eigenvalue weighted by Crippen LogP contribution is -2.52. The van der Waals surface area contributed by atoms with Gasteiger partial charge in [0.25, 0.3) is 10.0 Å². The molecular weight excluding hydrogens is 541 g/mol. The van der Waals surface area contributed by atoms with Crippen LogP contribution in [0.25, 0.3) is 0 Å². The van der Waals surface area contributed by atoms with E-state index in [4.69, 9.17) is 11.6 Å². The number of rotatable bonds is 13. The Labute approximate surface area is 234 Å². The average molecular weight is 574 g/mol. The molecule has 0 heterocycles. The van der Waals surface area contributed by atoms with E-state index >= 15 is 0 Å². The van der Waals surface area contributed by atoms with Crippen molar-refractivity contribution >= 4 is 39.1 Å². The number of sulfonamides is 1. The summed E-state index contributed by atoms with van der Waals surface area (Å²) in [6.45, 7) is 3.63. The van der Waals surface area contributed by atoms with E-state index in [-0.39, 0.29) is 28.1 Å². The quantitative estimate of drug-likeness (QED) is 0.277. The Hall–Kier alpha value is -3.43. The van der Waals surface area contributed by atoms with E-state index in [0.717, 1.165) is 17.1 Å². The molecule has 0 saturated heterocycles. The summed E-state index contributed by atoms with van der Waals surface area (Å²) in [7, 11) is -4.20. The molecule has 0 fully saturated rings. The van der Waals surface area contributed by atoms with E-state index in [0.29, 0.717) is 18.5 Å². The third-order valence-electron chi connectivity index (χ3n) is 6.21. The van der Waals surface area contributed by atoms with Gasteiger partial charge in [0.2, 0.25) is 11.8 Å². The van der Waals surface area contributed by atoms with E-state index in [2.05, 4.69) is 5.32 Å². The molecule has 0 aromatic heterocycles. The van der Waals surface area contributed by atoms with E-state index in [1.54, 1.807) is 43.3 Å². The van der Waals surface area contributed by atoms with Crippen molar-refractivity contribution in [1.29, 1.82) is 0 Å². The number of carbonyl (C=O) groups excluding carboxylic acids is 2. The Morgan fingerprint density at radius 1 is 0.949 bits per heavy atom. The Balaban J connectivity index is 2.03. The molecular formula is C29H33ClFN3O4S. The van der Waals surface area contributed by atoms with Crippen molar-refractivity contribution in [2.75, 3.05) is 17.4 Å². The van der Waals surface area contributed by atoms with Crippen molar-refractivity contribution in [3.8, 4) is 0 Å². The first-order valence-corrected chi connectivity index (χ1v) is 14.6. The fourth-order valence-corrected chi connectivity index (χ4v) is 5.84. The third-order valence-corrected chi connectivity index (χ3v) is 8.31. The first kappa shape index (κ1) is 30.1. The van der Waals surface area contributed by atoms with Crippen LogP contribution in [0.15, 0.2) is 83.8 Å². The number of para-hydroxylation sites is 1. The molecule has 0 unspecified atom stereocenters. The van der Waals surface area contributed by atoms with Crippen LogP contribution >= 0.6 is 11.6 Å². The summed E-state index contributed by atoms with van der Waals surface area (Å²) in [5.74, 6) is -1.37. The number of hydrogen-bond donors (Lipinski definition) is 1. The maximum absolute atomic E-state index is 13.9. The summed E-state index contributed by atoms with van der Waals surface area (Å²) in [6, 6.07) is 18.9. The van der Waals surface area contributed by atoms with Gasteiger partial charge in [-0.25, -0.2) is 12.8 Å². The second-order valence-corrected chi connectivity index (χ2v) is 11.3. The molecule has 39 heavy (non-hydrogen) atoms. The molecule has 0 aliphatic rings. The van der Waals surface area contributed by atoms with Gasteiger partial charge in [-0.1, -0.05) is 74.3 Å². The van der Waals surface area contributed by atoms with Crippen LogP contribution in [0, 0.1) is 5.82 Å². The van der Waals surface area contributed by atoms with Crippen molar-refractivity contribution in [1.82, 2.24) is 10.2 Å². The predicted octanol–water partition coefficient (Wildman–Crippen LogP) is 5.40. The van der Waals surface area contributed by atoms with E-state index in [1.807, 2.05) is 6.92 Å². The fraction of sp³-hybridized carbons (Fsp3) is 0.310. The lowest BCUT2D eigenvalue weighted by Gasteiger charge is -2.33. The van der Waals surface area contributed by atoms with Crippen molar-refractivity contribution in [3.05, 3.63) is 95.3 Å². The van der Waals surface area contributed by atoms with Gasteiger partial charge in [-0.15, -0.1) is 0 Å². The molecule has 0 bridgehead atoms. The third kappa shape index (κ3) is 7.80. The van der Waals surface area contributed by atoms with Crippen molar-refractivity contribution < 1.29 is 22.4 Å². The molecule has 0 aliphatic carbocycles. The summed E-state index contributed by atoms with van der Waals surface area (Å²) < 4.78 is 42.1. The van der Waals surface area contributed by atoms with Gasteiger partial charge in [-0.3, -0.25) is 13.9 Å². The zero-order valence-electron chi connectivity index (χ0n) is 22.0. The van der Waals surface area contributed by atoms with E-state index < -0.39 is 34.3 Å². The van der Waals surface area contributed by atoms with Gasteiger partial charge in [0, 0.05) is 13.1 Å². The minimum Gasteiger partial charge on any atom is -0.354 e. The lowest BCUT2D eigenvalue weighted by molar-refractivity contribution is -0.140. The second-order valence-electron chi connectivity index (χ2n) is 8.99. The van der Waals surface area contributed by atoms with Crippen molar-refractivity contribution in [3.63, 3.8) is 0 Å². The smallest absolute Gasteiger partial charge is 0.264 e. The molecule has 10 heteroatoms. The minimum absolute atomic E-state index is 0.00726. The first-order chi connectivity index (χ1) is 18.7. The summed E-state index contributed by atoms with van der Waals surface area (Å²) in [4.78, 5) is 28.4. The van der Waals surface area contributed by atoms with Gasteiger partial charge < -0.3 is 10.2 Å². The molecule has 3 aromatic rings. The topological polar surface area (TPSA) is 86.8 Å². The molecule has 0 spiro atoms. The number of amides is 2. The monoisotopic (exact) mass is 573 g/mol. The van der Waals surface area contributed by atoms with Crippen LogP contribution in [0.4, 0.5) is 10.1 Å². The zero-order valence-corrected chi connectivity index (χ0v) is 23.6. The van der Waals surface area contributed by atoms with Gasteiger partial charge in [0.1, 0.15) is 18.4 Å². The van der Waals surface area contributed by atoms with Crippen LogP contribution in [0.3, 0.4) is 0 Å². The van der Waals surface area contributed by atoms with Crippen molar-refractivity contribution in [2.24, 2.45) is 0 Å². The average Bonchev–Trinajstić information content (AvgIpc) is 2.93. The molecule has 3 rings (SSSR count). The van der Waals surface area contributed by atoms with Gasteiger partial charge in [-0.05, 0) is 54.8 Å². The number of nitrogens with zero attached hydrogens (tertiary/aromatic N) is 2. The molecule has 0 aliphatic heterocycles. The number of hydrogen-bond acceptors (Lipinski definition) is 4. The number of unbranched alkanes of at least 4 members (excludes halogenated alkanes) is 1. The summed E-state index contributed by atoms with van der Waals surface area (Å²) >= 11 is 6.40. The van der Waals surface area contributed by atoms with Gasteiger partial charge in [0.15, 0.2) is 0 Å². The molecule has 208 valence electrons. The van der Waals surface area contributed by atoms with Crippen LogP contribution in [-0.2, 0) is 26.2 Å². The largest absolute Gasteiger partial charge is 0.354 e. The van der Waals surface area contributed by atoms with E-state index in [1.165, 1.54) is 47.4 Å². The number of nitrogens with one attached hydrogen (secondary N) is 1.